The number of hydrogen-bond donors (Lipinski definition) is 1. The van der Waals surface area contributed by atoms with Gasteiger partial charge in [-0.1, -0.05) is 22.0 Å². The number of aromatic nitrogens is 1. The van der Waals surface area contributed by atoms with Crippen molar-refractivity contribution >= 4 is 22.0 Å². The Morgan fingerprint density at radius 1 is 1.48 bits per heavy atom. The second-order valence-corrected chi connectivity index (χ2v) is 7.03. The molecule has 2 atom stereocenters. The van der Waals surface area contributed by atoms with Gasteiger partial charge in [0.05, 0.1) is 12.6 Å². The van der Waals surface area contributed by atoms with Crippen LogP contribution >= 0.6 is 15.9 Å². The maximum Gasteiger partial charge on any atom is 0.321 e. The molecule has 0 radical (unpaired) electrons. The van der Waals surface area contributed by atoms with E-state index in [1.165, 1.54) is 0 Å². The van der Waals surface area contributed by atoms with Crippen molar-refractivity contribution < 1.29 is 9.53 Å². The molecule has 4 rings (SSSR count). The van der Waals surface area contributed by atoms with Crippen molar-refractivity contribution in [2.45, 2.75) is 31.7 Å². The second kappa shape index (κ2) is 5.23. The zero-order valence-electron chi connectivity index (χ0n) is 12.6. The lowest BCUT2D eigenvalue weighted by molar-refractivity contribution is -0.0879. The minimum Gasteiger partial charge on any atom is -0.468 e. The van der Waals surface area contributed by atoms with Crippen LogP contribution in [0.2, 0.25) is 0 Å². The molecule has 3 heterocycles. The van der Waals surface area contributed by atoms with Gasteiger partial charge in [-0.2, -0.15) is 0 Å². The maximum absolute atomic E-state index is 12.6. The predicted molar refractivity (Wildman–Crippen MR) is 88.8 cm³/mol. The highest BCUT2D eigenvalue weighted by atomic mass is 79.9. The third-order valence-electron chi connectivity index (χ3n) is 4.44. The molecule has 0 saturated carbocycles. The molecular weight excluding hydrogens is 358 g/mol. The van der Waals surface area contributed by atoms with Gasteiger partial charge in [0.1, 0.15) is 5.75 Å². The van der Waals surface area contributed by atoms with Gasteiger partial charge >= 0.3 is 6.03 Å². The number of nitrogens with zero attached hydrogens (tertiary/aromatic N) is 2. The lowest BCUT2D eigenvalue weighted by atomic mass is 9.90. The molecule has 1 aromatic heterocycles. The molecule has 1 N–H and O–H groups in total. The van der Waals surface area contributed by atoms with E-state index in [-0.39, 0.29) is 12.1 Å². The van der Waals surface area contributed by atoms with Crippen LogP contribution in [0.3, 0.4) is 0 Å². The normalized spacial score (nSPS) is 25.4. The number of amides is 2. The Labute approximate surface area is 142 Å². The molecule has 1 fully saturated rings. The van der Waals surface area contributed by atoms with Gasteiger partial charge in [0.15, 0.2) is 5.72 Å². The Bertz CT molecular complexity index is 768. The first kappa shape index (κ1) is 14.5. The molecular formula is C17H16BrN3O2. The van der Waals surface area contributed by atoms with E-state index < -0.39 is 5.72 Å². The van der Waals surface area contributed by atoms with Crippen molar-refractivity contribution in [3.8, 4) is 5.75 Å². The van der Waals surface area contributed by atoms with E-state index >= 15 is 0 Å². The Morgan fingerprint density at radius 2 is 2.35 bits per heavy atom. The first-order valence-corrected chi connectivity index (χ1v) is 8.30. The van der Waals surface area contributed by atoms with Gasteiger partial charge in [0.2, 0.25) is 0 Å². The number of ether oxygens (including phenoxy) is 1. The summed E-state index contributed by atoms with van der Waals surface area (Å²) in [6.45, 7) is 2.44. The molecule has 2 aliphatic rings. The van der Waals surface area contributed by atoms with Crippen LogP contribution in [0.25, 0.3) is 0 Å². The Kier molecular flexibility index (Phi) is 3.30. The molecule has 2 aliphatic heterocycles. The van der Waals surface area contributed by atoms with Crippen LogP contribution < -0.4 is 10.1 Å². The molecule has 6 heteroatoms. The predicted octanol–water partition coefficient (Wildman–Crippen LogP) is 3.61. The highest BCUT2D eigenvalue weighted by Crippen LogP contribution is 2.45. The minimum absolute atomic E-state index is 0.0288. The fraction of sp³-hybridized carbons (Fsp3) is 0.294. The van der Waals surface area contributed by atoms with E-state index in [9.17, 15) is 4.79 Å². The molecule has 0 aliphatic carbocycles. The number of nitrogens with one attached hydrogen (secondary N) is 1. The first-order chi connectivity index (χ1) is 11.0. The van der Waals surface area contributed by atoms with Crippen molar-refractivity contribution in [2.75, 3.05) is 0 Å². The van der Waals surface area contributed by atoms with E-state index in [1.807, 2.05) is 37.3 Å². The number of urea groups is 1. The molecule has 1 saturated heterocycles. The number of fused-ring (bicyclic) bond motifs is 4. The number of benzene rings is 1. The maximum atomic E-state index is 12.6. The molecule has 1 aromatic carbocycles. The fourth-order valence-electron chi connectivity index (χ4n) is 3.30. The highest BCUT2D eigenvalue weighted by Gasteiger charge is 2.49. The van der Waals surface area contributed by atoms with Crippen molar-refractivity contribution in [1.82, 2.24) is 15.2 Å². The van der Waals surface area contributed by atoms with Crippen molar-refractivity contribution in [2.24, 2.45) is 0 Å². The third-order valence-corrected chi connectivity index (χ3v) is 4.93. The SMILES string of the molecule is CC12CC(NC(=O)N1Cc1cccnc1)c1cc(Br)ccc1O2. The Morgan fingerprint density at radius 3 is 3.13 bits per heavy atom. The number of carbonyl (C=O) groups is 1. The van der Waals surface area contributed by atoms with E-state index in [1.54, 1.807) is 17.3 Å². The van der Waals surface area contributed by atoms with Crippen LogP contribution in [0.4, 0.5) is 4.79 Å². The molecule has 2 unspecified atom stereocenters. The number of halogens is 1. The van der Waals surface area contributed by atoms with Gasteiger partial charge in [-0.05, 0) is 36.8 Å². The monoisotopic (exact) mass is 373 g/mol. The van der Waals surface area contributed by atoms with Crippen LogP contribution in [-0.2, 0) is 6.54 Å². The molecule has 118 valence electrons. The summed E-state index contributed by atoms with van der Waals surface area (Å²) < 4.78 is 7.21. The highest BCUT2D eigenvalue weighted by molar-refractivity contribution is 9.10. The summed E-state index contributed by atoms with van der Waals surface area (Å²) in [5, 5.41) is 3.09. The van der Waals surface area contributed by atoms with Crippen molar-refractivity contribution in [3.63, 3.8) is 0 Å². The van der Waals surface area contributed by atoms with E-state index in [2.05, 4.69) is 26.2 Å². The topological polar surface area (TPSA) is 54.5 Å². The lowest BCUT2D eigenvalue weighted by Crippen LogP contribution is -2.64. The molecule has 2 amide bonds. The fourth-order valence-corrected chi connectivity index (χ4v) is 3.68. The molecule has 0 spiro atoms. The molecule has 23 heavy (non-hydrogen) atoms. The van der Waals surface area contributed by atoms with Gasteiger partial charge in [-0.3, -0.25) is 9.88 Å². The standard InChI is InChI=1S/C17H16BrN3O2/c1-17-8-14(13-7-12(18)4-5-15(13)23-17)20-16(22)21(17)10-11-3-2-6-19-9-11/h2-7,9,14H,8,10H2,1H3,(H,20,22). The summed E-state index contributed by atoms with van der Waals surface area (Å²) in [7, 11) is 0. The quantitative estimate of drug-likeness (QED) is 0.874. The van der Waals surface area contributed by atoms with Crippen molar-refractivity contribution in [3.05, 3.63) is 58.3 Å². The third kappa shape index (κ3) is 2.47. The molecule has 2 bridgehead atoms. The van der Waals surface area contributed by atoms with Crippen LogP contribution in [0.1, 0.15) is 30.5 Å². The van der Waals surface area contributed by atoms with Crippen LogP contribution in [0, 0.1) is 0 Å². The smallest absolute Gasteiger partial charge is 0.321 e. The van der Waals surface area contributed by atoms with Gasteiger partial charge in [0.25, 0.3) is 0 Å². The van der Waals surface area contributed by atoms with E-state index in [0.717, 1.165) is 21.3 Å². The Balaban J connectivity index is 1.69. The summed E-state index contributed by atoms with van der Waals surface area (Å²) in [5.74, 6) is 0.822. The first-order valence-electron chi connectivity index (χ1n) is 7.51. The number of rotatable bonds is 2. The van der Waals surface area contributed by atoms with E-state index in [4.69, 9.17) is 4.74 Å². The van der Waals surface area contributed by atoms with Crippen LogP contribution in [0.5, 0.6) is 5.75 Å². The zero-order valence-corrected chi connectivity index (χ0v) is 14.2. The number of carbonyl (C=O) groups excluding carboxylic acids is 1. The average molecular weight is 374 g/mol. The zero-order chi connectivity index (χ0) is 16.0. The summed E-state index contributed by atoms with van der Waals surface area (Å²) in [6, 6.07) is 9.61. The summed E-state index contributed by atoms with van der Waals surface area (Å²) in [4.78, 5) is 18.5. The summed E-state index contributed by atoms with van der Waals surface area (Å²) in [6.07, 6.45) is 4.21. The van der Waals surface area contributed by atoms with Crippen molar-refractivity contribution in [1.29, 1.82) is 0 Å². The average Bonchev–Trinajstić information content (AvgIpc) is 2.53. The summed E-state index contributed by atoms with van der Waals surface area (Å²) >= 11 is 3.48. The lowest BCUT2D eigenvalue weighted by Gasteiger charge is -2.50. The number of hydrogen-bond acceptors (Lipinski definition) is 3. The minimum atomic E-state index is -0.663. The number of pyridine rings is 1. The molecule has 5 nitrogen and oxygen atoms in total. The largest absolute Gasteiger partial charge is 0.468 e. The van der Waals surface area contributed by atoms with Gasteiger partial charge in [-0.15, -0.1) is 0 Å². The van der Waals surface area contributed by atoms with Gasteiger partial charge < -0.3 is 10.1 Å². The Hall–Kier alpha value is -2.08. The second-order valence-electron chi connectivity index (χ2n) is 6.11. The molecule has 2 aromatic rings. The van der Waals surface area contributed by atoms with Gasteiger partial charge in [-0.25, -0.2) is 4.79 Å². The van der Waals surface area contributed by atoms with E-state index in [0.29, 0.717) is 13.0 Å². The summed E-state index contributed by atoms with van der Waals surface area (Å²) in [5.41, 5.74) is 1.34. The van der Waals surface area contributed by atoms with Crippen LogP contribution in [0.15, 0.2) is 47.2 Å². The van der Waals surface area contributed by atoms with Gasteiger partial charge in [0, 0.05) is 28.9 Å². The van der Waals surface area contributed by atoms with Crippen LogP contribution in [-0.4, -0.2) is 21.6 Å².